The molecule has 1 atom stereocenters. The van der Waals surface area contributed by atoms with Gasteiger partial charge in [-0.1, -0.05) is 226 Å². The number of ether oxygens (including phenoxy) is 3. The molecule has 0 radical (unpaired) electrons. The number of hydrogen-bond acceptors (Lipinski definition) is 6. The second kappa shape index (κ2) is 56.7. The SMILES string of the molecule is CC/C=C\C/C=C\C/C=C\C/C=C\C/C=C\CCCC(=O)OCC(COC(=O)CCCCCCCCC/C=C\CCCCCCCC)OC(=O)CCC/C=C\C/C=C\C/C=C\CCCCCCCC. The van der Waals surface area contributed by atoms with Gasteiger partial charge in [-0.15, -0.1) is 0 Å². The van der Waals surface area contributed by atoms with E-state index in [1.54, 1.807) is 0 Å². The Morgan fingerprint density at radius 3 is 0.957 bits per heavy atom. The van der Waals surface area contributed by atoms with E-state index < -0.39 is 6.10 Å². The predicted molar refractivity (Wildman–Crippen MR) is 297 cm³/mol. The summed E-state index contributed by atoms with van der Waals surface area (Å²) in [6, 6.07) is 0. The van der Waals surface area contributed by atoms with Crippen LogP contribution in [0.4, 0.5) is 0 Å². The van der Waals surface area contributed by atoms with E-state index in [9.17, 15) is 14.4 Å². The van der Waals surface area contributed by atoms with Gasteiger partial charge >= 0.3 is 17.9 Å². The van der Waals surface area contributed by atoms with E-state index >= 15 is 0 Å². The highest BCUT2D eigenvalue weighted by Gasteiger charge is 2.19. The summed E-state index contributed by atoms with van der Waals surface area (Å²) in [5.74, 6) is -1.04. The Balaban J connectivity index is 4.56. The van der Waals surface area contributed by atoms with Crippen molar-refractivity contribution in [2.45, 2.75) is 258 Å². The van der Waals surface area contributed by atoms with E-state index in [1.165, 1.54) is 122 Å². The van der Waals surface area contributed by atoms with Gasteiger partial charge in [-0.25, -0.2) is 0 Å². The fourth-order valence-corrected chi connectivity index (χ4v) is 7.49. The maximum atomic E-state index is 12.8. The molecule has 1 unspecified atom stereocenters. The van der Waals surface area contributed by atoms with Crippen molar-refractivity contribution >= 4 is 17.9 Å². The van der Waals surface area contributed by atoms with Crippen molar-refractivity contribution in [3.05, 3.63) is 109 Å². The van der Waals surface area contributed by atoms with Crippen LogP contribution in [0.1, 0.15) is 252 Å². The molecule has 69 heavy (non-hydrogen) atoms. The number of esters is 3. The summed E-state index contributed by atoms with van der Waals surface area (Å²) >= 11 is 0. The Kier molecular flexibility index (Phi) is 53.4. The molecule has 0 rings (SSSR count). The molecule has 0 aliphatic rings. The van der Waals surface area contributed by atoms with Crippen LogP contribution in [-0.4, -0.2) is 37.2 Å². The molecule has 0 aromatic rings. The fourth-order valence-electron chi connectivity index (χ4n) is 7.49. The third-order valence-corrected chi connectivity index (χ3v) is 11.7. The Morgan fingerprint density at radius 1 is 0.304 bits per heavy atom. The lowest BCUT2D eigenvalue weighted by Crippen LogP contribution is -2.30. The Labute approximate surface area is 425 Å². The highest BCUT2D eigenvalue weighted by Crippen LogP contribution is 2.13. The highest BCUT2D eigenvalue weighted by atomic mass is 16.6. The zero-order valence-corrected chi connectivity index (χ0v) is 44.8. The van der Waals surface area contributed by atoms with Crippen molar-refractivity contribution in [1.82, 2.24) is 0 Å². The Bertz CT molecular complexity index is 1420. The second-order valence-electron chi connectivity index (χ2n) is 18.5. The van der Waals surface area contributed by atoms with Crippen molar-refractivity contribution in [1.29, 1.82) is 0 Å². The van der Waals surface area contributed by atoms with Gasteiger partial charge in [0, 0.05) is 19.3 Å². The van der Waals surface area contributed by atoms with Crippen molar-refractivity contribution in [2.75, 3.05) is 13.2 Å². The summed E-state index contributed by atoms with van der Waals surface area (Å²) in [5, 5.41) is 0. The van der Waals surface area contributed by atoms with E-state index in [2.05, 4.69) is 130 Å². The average molecular weight is 958 g/mol. The fraction of sp³-hybridized carbons (Fsp3) is 0.667. The molecule has 6 heteroatoms. The van der Waals surface area contributed by atoms with Gasteiger partial charge in [0.2, 0.25) is 0 Å². The molecule has 0 aromatic carbocycles. The lowest BCUT2D eigenvalue weighted by molar-refractivity contribution is -0.167. The minimum Gasteiger partial charge on any atom is -0.462 e. The van der Waals surface area contributed by atoms with E-state index in [1.807, 2.05) is 0 Å². The van der Waals surface area contributed by atoms with Crippen LogP contribution < -0.4 is 0 Å². The van der Waals surface area contributed by atoms with Crippen LogP contribution in [0.5, 0.6) is 0 Å². The van der Waals surface area contributed by atoms with Gasteiger partial charge < -0.3 is 14.2 Å². The molecule has 0 spiro atoms. The zero-order valence-electron chi connectivity index (χ0n) is 44.8. The molecule has 6 nitrogen and oxygen atoms in total. The third-order valence-electron chi connectivity index (χ3n) is 11.7. The van der Waals surface area contributed by atoms with Gasteiger partial charge in [0.15, 0.2) is 6.10 Å². The van der Waals surface area contributed by atoms with Crippen LogP contribution in [0.15, 0.2) is 109 Å². The van der Waals surface area contributed by atoms with Gasteiger partial charge in [-0.2, -0.15) is 0 Å². The minimum absolute atomic E-state index is 0.119. The summed E-state index contributed by atoms with van der Waals surface area (Å²) < 4.78 is 16.8. The standard InChI is InChI=1S/C63H104O6/c1-4-7-10-13-16-19-22-25-28-31-34-37-40-43-46-49-52-55-61(64)67-58-60(69-63(66)57-54-51-48-45-42-39-36-33-30-27-24-21-18-15-12-9-6-3)59-68-62(65)56-53-50-47-44-41-38-35-32-29-26-23-20-17-14-11-8-5-2/h7,10,16,19,25-30,34,36-37,39,43,45-46,48,60H,4-6,8-9,11-15,17-18,20-24,31-33,35,38,40-42,44,47,49-59H2,1-3H3/b10-7-,19-16-,28-25-,29-26-,30-27-,37-34-,39-36-,46-43-,48-45-. The lowest BCUT2D eigenvalue weighted by atomic mass is 10.1. The highest BCUT2D eigenvalue weighted by molar-refractivity contribution is 5.71. The normalized spacial score (nSPS) is 12.9. The molecule has 0 heterocycles. The number of allylic oxidation sites excluding steroid dienone is 18. The lowest BCUT2D eigenvalue weighted by Gasteiger charge is -2.18. The molecule has 0 saturated heterocycles. The van der Waals surface area contributed by atoms with Gasteiger partial charge in [0.25, 0.3) is 0 Å². The third kappa shape index (κ3) is 54.9. The first-order valence-corrected chi connectivity index (χ1v) is 28.4. The zero-order chi connectivity index (χ0) is 50.0. The molecule has 0 aromatic heterocycles. The second-order valence-corrected chi connectivity index (χ2v) is 18.5. The molecule has 0 amide bonds. The molecule has 0 N–H and O–H groups in total. The number of hydrogen-bond donors (Lipinski definition) is 0. The van der Waals surface area contributed by atoms with E-state index in [-0.39, 0.29) is 44.0 Å². The molecule has 0 aliphatic heterocycles. The summed E-state index contributed by atoms with van der Waals surface area (Å²) in [7, 11) is 0. The number of carbonyl (C=O) groups is 3. The van der Waals surface area contributed by atoms with E-state index in [0.717, 1.165) is 77.0 Å². The molecule has 0 bridgehead atoms. The Morgan fingerprint density at radius 2 is 0.580 bits per heavy atom. The van der Waals surface area contributed by atoms with Crippen molar-refractivity contribution in [3.8, 4) is 0 Å². The minimum atomic E-state index is -0.831. The summed E-state index contributed by atoms with van der Waals surface area (Å²) in [4.78, 5) is 38.1. The number of rotatable bonds is 50. The summed E-state index contributed by atoms with van der Waals surface area (Å²) in [6.07, 6.45) is 76.6. The topological polar surface area (TPSA) is 78.9 Å². The van der Waals surface area contributed by atoms with Crippen molar-refractivity contribution in [3.63, 3.8) is 0 Å². The molecule has 0 aliphatic carbocycles. The number of unbranched alkanes of at least 4 members (excludes halogenated alkanes) is 21. The largest absolute Gasteiger partial charge is 0.462 e. The van der Waals surface area contributed by atoms with Crippen LogP contribution in [0.25, 0.3) is 0 Å². The van der Waals surface area contributed by atoms with Gasteiger partial charge in [0.05, 0.1) is 0 Å². The van der Waals surface area contributed by atoms with Gasteiger partial charge in [0.1, 0.15) is 13.2 Å². The number of carbonyl (C=O) groups excluding carboxylic acids is 3. The van der Waals surface area contributed by atoms with Crippen LogP contribution in [0, 0.1) is 0 Å². The molecular formula is C63H104O6. The maximum absolute atomic E-state index is 12.8. The van der Waals surface area contributed by atoms with E-state index in [0.29, 0.717) is 19.3 Å². The smallest absolute Gasteiger partial charge is 0.306 e. The molecule has 0 saturated carbocycles. The van der Waals surface area contributed by atoms with Gasteiger partial charge in [-0.05, 0) is 116 Å². The first kappa shape index (κ1) is 65.1. The van der Waals surface area contributed by atoms with Crippen LogP contribution in [-0.2, 0) is 28.6 Å². The summed E-state index contributed by atoms with van der Waals surface area (Å²) in [6.45, 7) is 6.42. The van der Waals surface area contributed by atoms with E-state index in [4.69, 9.17) is 14.2 Å². The predicted octanol–water partition coefficient (Wildman–Crippen LogP) is 19.1. The Hall–Kier alpha value is -3.93. The van der Waals surface area contributed by atoms with Crippen LogP contribution in [0.2, 0.25) is 0 Å². The van der Waals surface area contributed by atoms with Crippen molar-refractivity contribution in [2.24, 2.45) is 0 Å². The first-order chi connectivity index (χ1) is 34.0. The molecule has 0 fully saturated rings. The quantitative estimate of drug-likeness (QED) is 0.0262. The van der Waals surface area contributed by atoms with Crippen molar-refractivity contribution < 1.29 is 28.6 Å². The van der Waals surface area contributed by atoms with Gasteiger partial charge in [-0.3, -0.25) is 14.4 Å². The first-order valence-electron chi connectivity index (χ1n) is 28.4. The summed E-state index contributed by atoms with van der Waals surface area (Å²) in [5.41, 5.74) is 0. The maximum Gasteiger partial charge on any atom is 0.306 e. The van der Waals surface area contributed by atoms with Crippen LogP contribution in [0.3, 0.4) is 0 Å². The average Bonchev–Trinajstić information content (AvgIpc) is 3.35. The monoisotopic (exact) mass is 957 g/mol. The molecular weight excluding hydrogens is 853 g/mol. The molecule has 392 valence electrons. The van der Waals surface area contributed by atoms with Crippen LogP contribution >= 0.6 is 0 Å².